The van der Waals surface area contributed by atoms with Crippen molar-refractivity contribution < 1.29 is 9.59 Å². The van der Waals surface area contributed by atoms with Crippen LogP contribution >= 0.6 is 0 Å². The molecular weight excluding hydrogens is 322 g/mol. The Hall–Kier alpha value is -2.71. The molecule has 2 amide bonds. The van der Waals surface area contributed by atoms with Crippen molar-refractivity contribution in [3.8, 4) is 0 Å². The third-order valence-corrected chi connectivity index (χ3v) is 4.88. The molecule has 4 rings (SSSR count). The van der Waals surface area contributed by atoms with Crippen LogP contribution in [0.3, 0.4) is 0 Å². The Balaban J connectivity index is 1.50. The van der Waals surface area contributed by atoms with Crippen molar-refractivity contribution in [3.05, 3.63) is 29.6 Å². The normalized spacial score (nSPS) is 18.0. The van der Waals surface area contributed by atoms with E-state index in [4.69, 9.17) is 0 Å². The maximum atomic E-state index is 12.5. The lowest BCUT2D eigenvalue weighted by Gasteiger charge is -2.18. The smallest absolute Gasteiger partial charge is 0.289 e. The van der Waals surface area contributed by atoms with E-state index in [1.54, 1.807) is 17.2 Å². The van der Waals surface area contributed by atoms with Crippen LogP contribution < -0.4 is 5.32 Å². The molecule has 1 aliphatic heterocycles. The Morgan fingerprint density at radius 2 is 2.00 bits per heavy atom. The van der Waals surface area contributed by atoms with Crippen LogP contribution in [-0.2, 0) is 13.1 Å². The average molecular weight is 343 g/mol. The maximum Gasteiger partial charge on any atom is 0.289 e. The molecular formula is C16H21N7O2. The Bertz CT molecular complexity index is 762. The Morgan fingerprint density at radius 3 is 2.76 bits per heavy atom. The van der Waals surface area contributed by atoms with Gasteiger partial charge in [0.2, 0.25) is 5.82 Å². The van der Waals surface area contributed by atoms with Crippen LogP contribution in [0, 0.1) is 0 Å². The third kappa shape index (κ3) is 3.13. The number of hydrogen-bond acceptors (Lipinski definition) is 5. The van der Waals surface area contributed by atoms with Gasteiger partial charge >= 0.3 is 0 Å². The minimum Gasteiger partial charge on any atom is -0.347 e. The summed E-state index contributed by atoms with van der Waals surface area (Å²) in [5.74, 6) is 0.699. The Kier molecular flexibility index (Phi) is 4.21. The highest BCUT2D eigenvalue weighted by atomic mass is 16.2. The van der Waals surface area contributed by atoms with Crippen LogP contribution in [0.1, 0.15) is 59.0 Å². The summed E-state index contributed by atoms with van der Waals surface area (Å²) in [5.41, 5.74) is 0.451. The highest BCUT2D eigenvalue weighted by Crippen LogP contribution is 2.19. The van der Waals surface area contributed by atoms with E-state index in [1.807, 2.05) is 4.57 Å². The van der Waals surface area contributed by atoms with Gasteiger partial charge in [-0.3, -0.25) is 14.7 Å². The zero-order valence-electron chi connectivity index (χ0n) is 13.9. The van der Waals surface area contributed by atoms with Gasteiger partial charge < -0.3 is 14.8 Å². The van der Waals surface area contributed by atoms with Crippen molar-refractivity contribution in [3.63, 3.8) is 0 Å². The van der Waals surface area contributed by atoms with Crippen LogP contribution in [-0.4, -0.2) is 54.3 Å². The Morgan fingerprint density at radius 1 is 1.16 bits per heavy atom. The van der Waals surface area contributed by atoms with Crippen molar-refractivity contribution in [1.29, 1.82) is 0 Å². The van der Waals surface area contributed by atoms with Crippen molar-refractivity contribution >= 4 is 11.8 Å². The number of nitrogens with zero attached hydrogens (tertiary/aromatic N) is 5. The first-order chi connectivity index (χ1) is 12.2. The van der Waals surface area contributed by atoms with Gasteiger partial charge in [-0.1, -0.05) is 12.8 Å². The predicted octanol–water partition coefficient (Wildman–Crippen LogP) is 0.720. The second kappa shape index (κ2) is 6.66. The molecule has 2 N–H and O–H groups in total. The van der Waals surface area contributed by atoms with E-state index in [0.29, 0.717) is 37.0 Å². The van der Waals surface area contributed by atoms with Gasteiger partial charge in [0.15, 0.2) is 5.82 Å². The number of hydrogen-bond donors (Lipinski definition) is 2. The molecule has 2 aliphatic rings. The summed E-state index contributed by atoms with van der Waals surface area (Å²) in [6, 6.07) is 1.89. The zero-order chi connectivity index (χ0) is 17.2. The predicted molar refractivity (Wildman–Crippen MR) is 87.7 cm³/mol. The molecule has 25 heavy (non-hydrogen) atoms. The summed E-state index contributed by atoms with van der Waals surface area (Å²) in [5, 5.41) is 17.8. The molecule has 1 fully saturated rings. The summed E-state index contributed by atoms with van der Waals surface area (Å²) in [4.78, 5) is 26.7. The molecule has 0 bridgehead atoms. The lowest BCUT2D eigenvalue weighted by Crippen LogP contribution is -2.34. The van der Waals surface area contributed by atoms with E-state index in [2.05, 4.69) is 25.7 Å². The summed E-state index contributed by atoms with van der Waals surface area (Å²) < 4.78 is 1.84. The van der Waals surface area contributed by atoms with Crippen LogP contribution in [0.15, 0.2) is 12.3 Å². The number of carbonyl (C=O) groups excluding carboxylic acids is 2. The molecule has 1 aliphatic carbocycles. The molecule has 9 nitrogen and oxygen atoms in total. The van der Waals surface area contributed by atoms with Gasteiger partial charge in [-0.15, -0.1) is 10.2 Å². The number of carbonyl (C=O) groups is 2. The standard InChI is InChI=1S/C16H21N7O2/c24-15(18-11-4-1-2-5-11)14-21-20-13-10-22(8-3-9-23(13)14)16(25)12-6-7-17-19-12/h6-7,11H,1-5,8-10H2,(H,17,19)(H,18,24). The molecule has 0 atom stereocenters. The Labute approximate surface area is 144 Å². The fourth-order valence-electron chi connectivity index (χ4n) is 3.56. The first-order valence-electron chi connectivity index (χ1n) is 8.74. The second-order valence-corrected chi connectivity index (χ2v) is 6.60. The van der Waals surface area contributed by atoms with E-state index < -0.39 is 0 Å². The van der Waals surface area contributed by atoms with Gasteiger partial charge in [-0.05, 0) is 25.3 Å². The second-order valence-electron chi connectivity index (χ2n) is 6.60. The van der Waals surface area contributed by atoms with E-state index in [1.165, 1.54) is 0 Å². The van der Waals surface area contributed by atoms with Gasteiger partial charge in [-0.2, -0.15) is 5.10 Å². The van der Waals surface area contributed by atoms with E-state index in [-0.39, 0.29) is 17.9 Å². The number of amides is 2. The molecule has 0 unspecified atom stereocenters. The molecule has 2 aromatic rings. The van der Waals surface area contributed by atoms with Gasteiger partial charge in [0.25, 0.3) is 11.8 Å². The first kappa shape index (κ1) is 15.8. The van der Waals surface area contributed by atoms with E-state index in [0.717, 1.165) is 32.1 Å². The molecule has 1 saturated carbocycles. The maximum absolute atomic E-state index is 12.5. The lowest BCUT2D eigenvalue weighted by molar-refractivity contribution is 0.0737. The minimum atomic E-state index is -0.168. The lowest BCUT2D eigenvalue weighted by atomic mass is 10.2. The SMILES string of the molecule is O=C(NC1CCCC1)c1nnc2n1CCCN(C(=O)c1ccn[nH]1)C2. The third-order valence-electron chi connectivity index (χ3n) is 4.88. The summed E-state index contributed by atoms with van der Waals surface area (Å²) >= 11 is 0. The molecule has 0 spiro atoms. The van der Waals surface area contributed by atoms with Gasteiger partial charge in [0.05, 0.1) is 6.54 Å². The van der Waals surface area contributed by atoms with Crippen molar-refractivity contribution in [2.75, 3.05) is 6.54 Å². The van der Waals surface area contributed by atoms with E-state index >= 15 is 0 Å². The molecule has 0 saturated heterocycles. The number of H-pyrrole nitrogens is 1. The minimum absolute atomic E-state index is 0.120. The highest BCUT2D eigenvalue weighted by Gasteiger charge is 2.27. The number of aromatic nitrogens is 5. The van der Waals surface area contributed by atoms with Crippen molar-refractivity contribution in [2.45, 2.75) is 51.2 Å². The molecule has 9 heteroatoms. The van der Waals surface area contributed by atoms with Crippen LogP contribution in [0.2, 0.25) is 0 Å². The largest absolute Gasteiger partial charge is 0.347 e. The summed E-state index contributed by atoms with van der Waals surface area (Å²) in [6.07, 6.45) is 6.67. The average Bonchev–Trinajstić information content (AvgIpc) is 3.34. The summed E-state index contributed by atoms with van der Waals surface area (Å²) in [7, 11) is 0. The number of nitrogens with one attached hydrogen (secondary N) is 2. The number of rotatable bonds is 3. The van der Waals surface area contributed by atoms with Crippen LogP contribution in [0.25, 0.3) is 0 Å². The molecule has 2 aromatic heterocycles. The topological polar surface area (TPSA) is 109 Å². The van der Waals surface area contributed by atoms with Crippen molar-refractivity contribution in [2.24, 2.45) is 0 Å². The molecule has 3 heterocycles. The highest BCUT2D eigenvalue weighted by molar-refractivity contribution is 5.92. The van der Waals surface area contributed by atoms with Gasteiger partial charge in [0, 0.05) is 25.3 Å². The molecule has 0 radical (unpaired) electrons. The molecule has 0 aromatic carbocycles. The number of fused-ring (bicyclic) bond motifs is 1. The van der Waals surface area contributed by atoms with Crippen molar-refractivity contribution in [1.82, 2.24) is 35.2 Å². The van der Waals surface area contributed by atoms with E-state index in [9.17, 15) is 9.59 Å². The number of aromatic amines is 1. The zero-order valence-corrected chi connectivity index (χ0v) is 13.9. The van der Waals surface area contributed by atoms with Gasteiger partial charge in [-0.25, -0.2) is 0 Å². The fraction of sp³-hybridized carbons (Fsp3) is 0.562. The van der Waals surface area contributed by atoms with Crippen LogP contribution in [0.5, 0.6) is 0 Å². The summed E-state index contributed by atoms with van der Waals surface area (Å²) in [6.45, 7) is 1.56. The monoisotopic (exact) mass is 343 g/mol. The molecule has 132 valence electrons. The first-order valence-corrected chi connectivity index (χ1v) is 8.74. The van der Waals surface area contributed by atoms with Crippen LogP contribution in [0.4, 0.5) is 0 Å². The van der Waals surface area contributed by atoms with Gasteiger partial charge in [0.1, 0.15) is 5.69 Å². The quantitative estimate of drug-likeness (QED) is 0.853. The fourth-order valence-corrected chi connectivity index (χ4v) is 3.56.